The summed E-state index contributed by atoms with van der Waals surface area (Å²) in [6.45, 7) is 3.73. The highest BCUT2D eigenvalue weighted by Gasteiger charge is 2.31. The molecule has 0 aromatic carbocycles. The topological polar surface area (TPSA) is 89.3 Å². The quantitative estimate of drug-likeness (QED) is 0.888. The van der Waals surface area contributed by atoms with Crippen molar-refractivity contribution in [2.75, 3.05) is 11.5 Å². The molecule has 6 nitrogen and oxygen atoms in total. The molecule has 7 heteroatoms. The second-order valence-corrected chi connectivity index (χ2v) is 7.15. The summed E-state index contributed by atoms with van der Waals surface area (Å²) < 4.78 is 24.3. The molecule has 1 aromatic rings. The summed E-state index contributed by atoms with van der Waals surface area (Å²) in [4.78, 5) is 11.1. The molecule has 1 fully saturated rings. The number of nitrogens with zero attached hydrogens (tertiary/aromatic N) is 2. The van der Waals surface area contributed by atoms with Gasteiger partial charge in [0.1, 0.15) is 5.56 Å². The Hall–Kier alpha value is -1.37. The third kappa shape index (κ3) is 2.40. The van der Waals surface area contributed by atoms with E-state index < -0.39 is 15.8 Å². The van der Waals surface area contributed by atoms with Gasteiger partial charge in [0.25, 0.3) is 0 Å². The van der Waals surface area contributed by atoms with Crippen molar-refractivity contribution in [1.29, 1.82) is 0 Å². The van der Waals surface area contributed by atoms with Crippen molar-refractivity contribution in [2.45, 2.75) is 32.2 Å². The van der Waals surface area contributed by atoms with Crippen LogP contribution < -0.4 is 0 Å². The Labute approximate surface area is 106 Å². The highest BCUT2D eigenvalue weighted by atomic mass is 32.2. The van der Waals surface area contributed by atoms with Gasteiger partial charge in [-0.3, -0.25) is 4.68 Å². The first-order valence-electron chi connectivity index (χ1n) is 5.83. The lowest BCUT2D eigenvalue weighted by atomic mass is 10.1. The SMILES string of the molecule is CC(C)c1nn([C@H]2CCS(=O)(=O)C2)cc1C(=O)O. The van der Waals surface area contributed by atoms with E-state index in [0.717, 1.165) is 0 Å². The summed E-state index contributed by atoms with van der Waals surface area (Å²) in [5.74, 6) is -0.830. The molecule has 2 rings (SSSR count). The van der Waals surface area contributed by atoms with E-state index in [1.54, 1.807) is 0 Å². The number of rotatable bonds is 3. The van der Waals surface area contributed by atoms with E-state index in [-0.39, 0.29) is 29.0 Å². The Bertz CT molecular complexity index is 574. The molecule has 0 saturated carbocycles. The number of carbonyl (C=O) groups is 1. The van der Waals surface area contributed by atoms with Crippen LogP contribution in [0.1, 0.15) is 48.3 Å². The van der Waals surface area contributed by atoms with Crippen LogP contribution in [0.4, 0.5) is 0 Å². The molecule has 1 aromatic heterocycles. The summed E-state index contributed by atoms with van der Waals surface area (Å²) in [7, 11) is -3.00. The summed E-state index contributed by atoms with van der Waals surface area (Å²) in [5.41, 5.74) is 0.668. The van der Waals surface area contributed by atoms with Crippen molar-refractivity contribution in [1.82, 2.24) is 9.78 Å². The maximum atomic E-state index is 11.4. The molecule has 1 aliphatic rings. The number of sulfone groups is 1. The van der Waals surface area contributed by atoms with E-state index in [0.29, 0.717) is 12.1 Å². The first-order chi connectivity index (χ1) is 8.30. The lowest BCUT2D eigenvalue weighted by Gasteiger charge is -2.07. The van der Waals surface area contributed by atoms with Gasteiger partial charge in [-0.1, -0.05) is 13.8 Å². The van der Waals surface area contributed by atoms with Gasteiger partial charge in [-0.2, -0.15) is 5.10 Å². The lowest BCUT2D eigenvalue weighted by Crippen LogP contribution is -2.11. The monoisotopic (exact) mass is 272 g/mol. The zero-order chi connectivity index (χ0) is 13.5. The number of aromatic nitrogens is 2. The van der Waals surface area contributed by atoms with Crippen LogP contribution in [0, 0.1) is 0 Å². The fourth-order valence-electron chi connectivity index (χ4n) is 2.17. The zero-order valence-corrected chi connectivity index (χ0v) is 11.1. The number of hydrogen-bond acceptors (Lipinski definition) is 4. The fraction of sp³-hybridized carbons (Fsp3) is 0.636. The predicted molar refractivity (Wildman–Crippen MR) is 65.6 cm³/mol. The van der Waals surface area contributed by atoms with E-state index in [1.807, 2.05) is 13.8 Å². The van der Waals surface area contributed by atoms with Crippen molar-refractivity contribution >= 4 is 15.8 Å². The summed E-state index contributed by atoms with van der Waals surface area (Å²) >= 11 is 0. The van der Waals surface area contributed by atoms with Gasteiger partial charge >= 0.3 is 5.97 Å². The van der Waals surface area contributed by atoms with Crippen molar-refractivity contribution in [3.05, 3.63) is 17.5 Å². The van der Waals surface area contributed by atoms with Gasteiger partial charge in [0.15, 0.2) is 9.84 Å². The minimum absolute atomic E-state index is 0.00430. The minimum Gasteiger partial charge on any atom is -0.478 e. The molecule has 1 atom stereocenters. The molecule has 1 aliphatic heterocycles. The van der Waals surface area contributed by atoms with Gasteiger partial charge in [-0.25, -0.2) is 13.2 Å². The Balaban J connectivity index is 2.36. The van der Waals surface area contributed by atoms with Gasteiger partial charge in [0.2, 0.25) is 0 Å². The van der Waals surface area contributed by atoms with Crippen LogP contribution in [0.15, 0.2) is 6.20 Å². The van der Waals surface area contributed by atoms with Crippen LogP contribution in [0.2, 0.25) is 0 Å². The Morgan fingerprint density at radius 3 is 2.61 bits per heavy atom. The summed E-state index contributed by atoms with van der Waals surface area (Å²) in [6.07, 6.45) is 1.95. The van der Waals surface area contributed by atoms with Crippen LogP contribution in [0.3, 0.4) is 0 Å². The lowest BCUT2D eigenvalue weighted by molar-refractivity contribution is 0.0695. The van der Waals surface area contributed by atoms with Crippen LogP contribution in [0.25, 0.3) is 0 Å². The van der Waals surface area contributed by atoms with E-state index >= 15 is 0 Å². The average Bonchev–Trinajstić information content (AvgIpc) is 2.80. The van der Waals surface area contributed by atoms with Crippen molar-refractivity contribution in [3.63, 3.8) is 0 Å². The minimum atomic E-state index is -3.00. The normalized spacial score (nSPS) is 22.5. The largest absolute Gasteiger partial charge is 0.478 e. The van der Waals surface area contributed by atoms with E-state index in [4.69, 9.17) is 5.11 Å². The predicted octanol–water partition coefficient (Wildman–Crippen LogP) is 1.06. The number of carboxylic acid groups (broad SMARTS) is 1. The maximum absolute atomic E-state index is 11.4. The van der Waals surface area contributed by atoms with Crippen molar-refractivity contribution < 1.29 is 18.3 Å². The van der Waals surface area contributed by atoms with Crippen molar-refractivity contribution in [3.8, 4) is 0 Å². The molecule has 0 unspecified atom stereocenters. The van der Waals surface area contributed by atoms with E-state index in [9.17, 15) is 13.2 Å². The number of carboxylic acids is 1. The molecule has 0 spiro atoms. The Kier molecular flexibility index (Phi) is 3.18. The third-order valence-electron chi connectivity index (χ3n) is 3.12. The van der Waals surface area contributed by atoms with Gasteiger partial charge < -0.3 is 5.11 Å². The molecule has 0 amide bonds. The number of aromatic carboxylic acids is 1. The van der Waals surface area contributed by atoms with Crippen LogP contribution in [-0.4, -0.2) is 40.8 Å². The van der Waals surface area contributed by atoms with Gasteiger partial charge in [-0.05, 0) is 12.3 Å². The molecule has 18 heavy (non-hydrogen) atoms. The zero-order valence-electron chi connectivity index (χ0n) is 10.3. The third-order valence-corrected chi connectivity index (χ3v) is 4.87. The average molecular weight is 272 g/mol. The molecular formula is C11H16N2O4S. The van der Waals surface area contributed by atoms with Gasteiger partial charge in [-0.15, -0.1) is 0 Å². The summed E-state index contributed by atoms with van der Waals surface area (Å²) in [6, 6.07) is -0.236. The van der Waals surface area contributed by atoms with Gasteiger partial charge in [0.05, 0.1) is 23.2 Å². The molecule has 1 N–H and O–H groups in total. The Morgan fingerprint density at radius 1 is 1.56 bits per heavy atom. The highest BCUT2D eigenvalue weighted by Crippen LogP contribution is 2.26. The van der Waals surface area contributed by atoms with Gasteiger partial charge in [0, 0.05) is 6.20 Å². The smallest absolute Gasteiger partial charge is 0.339 e. The van der Waals surface area contributed by atoms with E-state index in [2.05, 4.69) is 5.10 Å². The number of hydrogen-bond donors (Lipinski definition) is 1. The maximum Gasteiger partial charge on any atom is 0.339 e. The van der Waals surface area contributed by atoms with Crippen LogP contribution in [0.5, 0.6) is 0 Å². The first kappa shape index (κ1) is 13.1. The molecular weight excluding hydrogens is 256 g/mol. The Morgan fingerprint density at radius 2 is 2.22 bits per heavy atom. The van der Waals surface area contributed by atoms with Crippen molar-refractivity contribution in [2.24, 2.45) is 0 Å². The molecule has 0 bridgehead atoms. The second-order valence-electron chi connectivity index (χ2n) is 4.92. The highest BCUT2D eigenvalue weighted by molar-refractivity contribution is 7.91. The molecule has 0 aliphatic carbocycles. The standard InChI is InChI=1S/C11H16N2O4S/c1-7(2)10-9(11(14)15)5-13(12-10)8-3-4-18(16,17)6-8/h5,7-8H,3-4,6H2,1-2H3,(H,14,15)/t8-/m0/s1. The molecule has 1 saturated heterocycles. The molecule has 2 heterocycles. The molecule has 0 radical (unpaired) electrons. The van der Waals surface area contributed by atoms with Crippen LogP contribution in [-0.2, 0) is 9.84 Å². The fourth-order valence-corrected chi connectivity index (χ4v) is 3.87. The van der Waals surface area contributed by atoms with E-state index in [1.165, 1.54) is 10.9 Å². The summed E-state index contributed by atoms with van der Waals surface area (Å²) in [5, 5.41) is 13.4. The molecule has 100 valence electrons. The van der Waals surface area contributed by atoms with Crippen LogP contribution >= 0.6 is 0 Å². The second kappa shape index (κ2) is 4.38. The first-order valence-corrected chi connectivity index (χ1v) is 7.65.